The molecule has 1 heterocycles. The van der Waals surface area contributed by atoms with Gasteiger partial charge in [0.1, 0.15) is 11.6 Å². The van der Waals surface area contributed by atoms with Crippen molar-refractivity contribution in [3.8, 4) is 5.75 Å². The SMILES string of the molecule is O=C(CCc1csc(NC(=O)c2ccc(F)cc2)n1)Nc1ccc(OC(F)(F)F)cc1. The van der Waals surface area contributed by atoms with Crippen molar-refractivity contribution in [2.45, 2.75) is 19.2 Å². The summed E-state index contributed by atoms with van der Waals surface area (Å²) in [6.45, 7) is 0. The van der Waals surface area contributed by atoms with Gasteiger partial charge in [0.25, 0.3) is 5.91 Å². The molecule has 6 nitrogen and oxygen atoms in total. The molecule has 162 valence electrons. The lowest BCUT2D eigenvalue weighted by molar-refractivity contribution is -0.274. The zero-order chi connectivity index (χ0) is 22.4. The van der Waals surface area contributed by atoms with E-state index in [0.717, 1.165) is 12.1 Å². The third kappa shape index (κ3) is 7.07. The molecule has 0 atom stereocenters. The number of aromatic nitrogens is 1. The van der Waals surface area contributed by atoms with E-state index in [1.165, 1.54) is 47.7 Å². The summed E-state index contributed by atoms with van der Waals surface area (Å²) < 4.78 is 53.1. The fraction of sp³-hybridized carbons (Fsp3) is 0.150. The van der Waals surface area contributed by atoms with Gasteiger partial charge in [0.2, 0.25) is 5.91 Å². The first-order chi connectivity index (χ1) is 14.7. The van der Waals surface area contributed by atoms with E-state index in [0.29, 0.717) is 22.9 Å². The van der Waals surface area contributed by atoms with Crippen LogP contribution in [0.3, 0.4) is 0 Å². The van der Waals surface area contributed by atoms with Gasteiger partial charge in [-0.3, -0.25) is 14.9 Å². The number of carbonyl (C=O) groups is 2. The number of benzene rings is 2. The molecule has 11 heteroatoms. The molecule has 0 unspecified atom stereocenters. The largest absolute Gasteiger partial charge is 0.573 e. The molecule has 3 aromatic rings. The number of alkyl halides is 3. The zero-order valence-electron chi connectivity index (χ0n) is 15.7. The maximum absolute atomic E-state index is 12.9. The predicted molar refractivity (Wildman–Crippen MR) is 107 cm³/mol. The molecule has 0 saturated heterocycles. The molecule has 2 amide bonds. The first kappa shape index (κ1) is 22.2. The molecule has 1 aromatic heterocycles. The van der Waals surface area contributed by atoms with Gasteiger partial charge in [-0.2, -0.15) is 0 Å². The Morgan fingerprint density at radius 1 is 1.00 bits per heavy atom. The maximum atomic E-state index is 12.9. The number of thiazole rings is 1. The lowest BCUT2D eigenvalue weighted by Gasteiger charge is -2.09. The third-order valence-electron chi connectivity index (χ3n) is 3.86. The van der Waals surface area contributed by atoms with E-state index in [2.05, 4.69) is 20.4 Å². The molecule has 2 N–H and O–H groups in total. The van der Waals surface area contributed by atoms with E-state index in [1.54, 1.807) is 5.38 Å². The highest BCUT2D eigenvalue weighted by molar-refractivity contribution is 7.14. The number of nitrogens with zero attached hydrogens (tertiary/aromatic N) is 1. The number of hydrogen-bond acceptors (Lipinski definition) is 5. The lowest BCUT2D eigenvalue weighted by atomic mass is 10.2. The van der Waals surface area contributed by atoms with Crippen molar-refractivity contribution in [3.63, 3.8) is 0 Å². The van der Waals surface area contributed by atoms with E-state index >= 15 is 0 Å². The normalized spacial score (nSPS) is 11.1. The molecule has 0 radical (unpaired) electrons. The number of hydrogen-bond donors (Lipinski definition) is 2. The number of ether oxygens (including phenoxy) is 1. The van der Waals surface area contributed by atoms with Crippen LogP contribution in [-0.4, -0.2) is 23.2 Å². The lowest BCUT2D eigenvalue weighted by Crippen LogP contribution is -2.17. The molecule has 31 heavy (non-hydrogen) atoms. The van der Waals surface area contributed by atoms with Crippen molar-refractivity contribution in [1.29, 1.82) is 0 Å². The minimum Gasteiger partial charge on any atom is -0.406 e. The van der Waals surface area contributed by atoms with Crippen LogP contribution >= 0.6 is 11.3 Å². The second kappa shape index (κ2) is 9.56. The number of rotatable bonds is 7. The summed E-state index contributed by atoms with van der Waals surface area (Å²) in [5, 5.41) is 7.20. The summed E-state index contributed by atoms with van der Waals surface area (Å²) in [4.78, 5) is 28.4. The molecule has 0 spiro atoms. The van der Waals surface area contributed by atoms with Crippen LogP contribution in [0.1, 0.15) is 22.5 Å². The average Bonchev–Trinajstić information content (AvgIpc) is 3.14. The summed E-state index contributed by atoms with van der Waals surface area (Å²) in [5.74, 6) is -1.62. The number of anilines is 2. The fourth-order valence-corrected chi connectivity index (χ4v) is 3.19. The van der Waals surface area contributed by atoms with Gasteiger partial charge in [-0.25, -0.2) is 9.37 Å². The Hall–Kier alpha value is -3.47. The van der Waals surface area contributed by atoms with Gasteiger partial charge in [-0.1, -0.05) is 0 Å². The van der Waals surface area contributed by atoms with Crippen LogP contribution in [0, 0.1) is 5.82 Å². The molecular weight excluding hydrogens is 438 g/mol. The Morgan fingerprint density at radius 3 is 2.32 bits per heavy atom. The van der Waals surface area contributed by atoms with Crippen molar-refractivity contribution in [2.75, 3.05) is 10.6 Å². The van der Waals surface area contributed by atoms with Crippen LogP contribution < -0.4 is 15.4 Å². The van der Waals surface area contributed by atoms with E-state index in [-0.39, 0.29) is 23.6 Å². The van der Waals surface area contributed by atoms with Crippen LogP contribution in [0.5, 0.6) is 5.75 Å². The van der Waals surface area contributed by atoms with E-state index < -0.39 is 18.1 Å². The molecule has 0 saturated carbocycles. The molecule has 0 aliphatic heterocycles. The van der Waals surface area contributed by atoms with E-state index in [1.807, 2.05) is 0 Å². The fourth-order valence-electron chi connectivity index (χ4n) is 2.45. The Bertz CT molecular complexity index is 1050. The smallest absolute Gasteiger partial charge is 0.406 e. The second-order valence-electron chi connectivity index (χ2n) is 6.23. The van der Waals surface area contributed by atoms with Crippen LogP contribution in [0.25, 0.3) is 0 Å². The number of carbonyl (C=O) groups excluding carboxylic acids is 2. The minimum atomic E-state index is -4.78. The molecule has 0 fully saturated rings. The highest BCUT2D eigenvalue weighted by Crippen LogP contribution is 2.24. The summed E-state index contributed by atoms with van der Waals surface area (Å²) in [6, 6.07) is 9.85. The number of aryl methyl sites for hydroxylation is 1. The minimum absolute atomic E-state index is 0.0793. The average molecular weight is 453 g/mol. The molecule has 0 bridgehead atoms. The Labute approximate surface area is 177 Å². The van der Waals surface area contributed by atoms with E-state index in [4.69, 9.17) is 0 Å². The molecule has 0 aliphatic carbocycles. The van der Waals surface area contributed by atoms with Gasteiger partial charge in [0, 0.05) is 23.1 Å². The van der Waals surface area contributed by atoms with Crippen molar-refractivity contribution in [3.05, 3.63) is 71.0 Å². The van der Waals surface area contributed by atoms with Crippen LogP contribution in [0.15, 0.2) is 53.9 Å². The monoisotopic (exact) mass is 453 g/mol. The number of amides is 2. The van der Waals surface area contributed by atoms with Gasteiger partial charge in [0.15, 0.2) is 5.13 Å². The Morgan fingerprint density at radius 2 is 1.68 bits per heavy atom. The molecular formula is C20H15F4N3O3S. The molecule has 3 rings (SSSR count). The van der Waals surface area contributed by atoms with Gasteiger partial charge in [-0.05, 0) is 55.0 Å². The van der Waals surface area contributed by atoms with Crippen molar-refractivity contribution in [1.82, 2.24) is 4.98 Å². The predicted octanol–water partition coefficient (Wildman–Crippen LogP) is 5.00. The van der Waals surface area contributed by atoms with Crippen LogP contribution in [0.2, 0.25) is 0 Å². The van der Waals surface area contributed by atoms with E-state index in [9.17, 15) is 27.2 Å². The third-order valence-corrected chi connectivity index (χ3v) is 4.67. The van der Waals surface area contributed by atoms with Crippen molar-refractivity contribution >= 4 is 34.0 Å². The Kier molecular flexibility index (Phi) is 6.85. The van der Waals surface area contributed by atoms with Crippen molar-refractivity contribution in [2.24, 2.45) is 0 Å². The number of nitrogens with one attached hydrogen (secondary N) is 2. The highest BCUT2D eigenvalue weighted by atomic mass is 32.1. The molecule has 2 aromatic carbocycles. The zero-order valence-corrected chi connectivity index (χ0v) is 16.5. The van der Waals surface area contributed by atoms with Gasteiger partial charge < -0.3 is 10.1 Å². The second-order valence-corrected chi connectivity index (χ2v) is 7.08. The summed E-state index contributed by atoms with van der Waals surface area (Å²) in [7, 11) is 0. The summed E-state index contributed by atoms with van der Waals surface area (Å²) >= 11 is 1.18. The summed E-state index contributed by atoms with van der Waals surface area (Å²) in [5.41, 5.74) is 1.19. The first-order valence-electron chi connectivity index (χ1n) is 8.85. The maximum Gasteiger partial charge on any atom is 0.573 e. The Balaban J connectivity index is 1.47. The van der Waals surface area contributed by atoms with Crippen molar-refractivity contribution < 1.29 is 31.9 Å². The molecule has 0 aliphatic rings. The number of halogens is 4. The first-order valence-corrected chi connectivity index (χ1v) is 9.73. The quantitative estimate of drug-likeness (QED) is 0.493. The standard InChI is InChI=1S/C20H15F4N3O3S/c21-13-3-1-12(2-4-13)18(29)27-19-26-15(11-31-19)7-10-17(28)25-14-5-8-16(9-6-14)30-20(22,23)24/h1-6,8-9,11H,7,10H2,(H,25,28)(H,26,27,29). The highest BCUT2D eigenvalue weighted by Gasteiger charge is 2.30. The van der Waals surface area contributed by atoms with Gasteiger partial charge in [0.05, 0.1) is 5.69 Å². The van der Waals surface area contributed by atoms with Gasteiger partial charge in [-0.15, -0.1) is 24.5 Å². The van der Waals surface area contributed by atoms with Crippen LogP contribution in [0.4, 0.5) is 28.4 Å². The summed E-state index contributed by atoms with van der Waals surface area (Å²) in [6.07, 6.45) is -4.41. The van der Waals surface area contributed by atoms with Gasteiger partial charge >= 0.3 is 6.36 Å². The topological polar surface area (TPSA) is 80.3 Å². The van der Waals surface area contributed by atoms with Crippen LogP contribution in [-0.2, 0) is 11.2 Å².